The van der Waals surface area contributed by atoms with E-state index in [4.69, 9.17) is 9.16 Å². The molecular formula is C19H31N5O3Si. The lowest BCUT2D eigenvalue weighted by Gasteiger charge is -2.40. The fourth-order valence-corrected chi connectivity index (χ4v) is 3.67. The zero-order valence-electron chi connectivity index (χ0n) is 17.8. The van der Waals surface area contributed by atoms with Crippen molar-refractivity contribution in [3.63, 3.8) is 0 Å². The lowest BCUT2D eigenvalue weighted by atomic mass is 10.2. The van der Waals surface area contributed by atoms with E-state index < -0.39 is 20.5 Å². The van der Waals surface area contributed by atoms with Crippen LogP contribution in [0.4, 0.5) is 4.79 Å². The molecule has 1 amide bonds. The Morgan fingerprint density at radius 3 is 2.43 bits per heavy atom. The predicted molar refractivity (Wildman–Crippen MR) is 109 cm³/mol. The molecule has 2 rings (SSSR count). The number of rotatable bonds is 7. The highest BCUT2D eigenvalue weighted by molar-refractivity contribution is 6.74. The molecule has 8 nitrogen and oxygen atoms in total. The highest BCUT2D eigenvalue weighted by Crippen LogP contribution is 2.40. The van der Waals surface area contributed by atoms with Crippen LogP contribution in [0.25, 0.3) is 0 Å². The Morgan fingerprint density at radius 2 is 1.89 bits per heavy atom. The Morgan fingerprint density at radius 1 is 1.25 bits per heavy atom. The molecule has 154 valence electrons. The largest absolute Gasteiger partial charge is 0.445 e. The monoisotopic (exact) mass is 405 g/mol. The number of nitrogens with zero attached hydrogens (tertiary/aromatic N) is 4. The Kier molecular flexibility index (Phi) is 6.94. The Balaban J connectivity index is 2.09. The first-order valence-corrected chi connectivity index (χ1v) is 12.3. The van der Waals surface area contributed by atoms with E-state index in [1.807, 2.05) is 37.3 Å². The first kappa shape index (κ1) is 22.0. The van der Waals surface area contributed by atoms with Crippen LogP contribution in [0.5, 0.6) is 0 Å². The van der Waals surface area contributed by atoms with Crippen molar-refractivity contribution in [3.05, 3.63) is 41.7 Å². The third kappa shape index (κ3) is 5.62. The molecule has 9 heteroatoms. The summed E-state index contributed by atoms with van der Waals surface area (Å²) in [5, 5.41) is 14.6. The van der Waals surface area contributed by atoms with Gasteiger partial charge in [-0.1, -0.05) is 51.1 Å². The summed E-state index contributed by atoms with van der Waals surface area (Å²) in [5.74, 6) is 0.570. The van der Waals surface area contributed by atoms with Gasteiger partial charge in [-0.15, -0.1) is 5.10 Å². The molecule has 0 unspecified atom stereocenters. The predicted octanol–water partition coefficient (Wildman–Crippen LogP) is 3.59. The fourth-order valence-electron chi connectivity index (χ4n) is 2.38. The van der Waals surface area contributed by atoms with Crippen LogP contribution in [0, 0.1) is 0 Å². The zero-order valence-corrected chi connectivity index (χ0v) is 18.8. The Labute approximate surface area is 167 Å². The number of ether oxygens (including phenoxy) is 1. The van der Waals surface area contributed by atoms with Crippen LogP contribution in [0.2, 0.25) is 18.1 Å². The molecule has 2 aromatic rings. The number of hydrogen-bond donors (Lipinski definition) is 1. The molecule has 1 aromatic heterocycles. The number of alkyl carbamates (subject to hydrolysis) is 1. The van der Waals surface area contributed by atoms with Crippen molar-refractivity contribution < 1.29 is 14.0 Å². The van der Waals surface area contributed by atoms with Crippen LogP contribution >= 0.6 is 0 Å². The maximum atomic E-state index is 12.3. The van der Waals surface area contributed by atoms with Gasteiger partial charge in [0.2, 0.25) is 0 Å². The van der Waals surface area contributed by atoms with Crippen LogP contribution < -0.4 is 5.32 Å². The first-order valence-electron chi connectivity index (χ1n) is 9.38. The van der Waals surface area contributed by atoms with Crippen molar-refractivity contribution in [2.24, 2.45) is 7.05 Å². The molecule has 0 fully saturated rings. The van der Waals surface area contributed by atoms with E-state index >= 15 is 0 Å². The number of tetrazole rings is 1. The van der Waals surface area contributed by atoms with Crippen LogP contribution in [0.15, 0.2) is 30.3 Å². The number of nitrogens with one attached hydrogen (secondary N) is 1. The van der Waals surface area contributed by atoms with Crippen LogP contribution in [0.1, 0.15) is 45.2 Å². The summed E-state index contributed by atoms with van der Waals surface area (Å²) < 4.78 is 13.5. The lowest BCUT2D eigenvalue weighted by molar-refractivity contribution is 0.105. The van der Waals surface area contributed by atoms with Crippen molar-refractivity contribution in [1.82, 2.24) is 25.5 Å². The van der Waals surface area contributed by atoms with Gasteiger partial charge in [0.1, 0.15) is 12.7 Å². The summed E-state index contributed by atoms with van der Waals surface area (Å²) >= 11 is 0. The van der Waals surface area contributed by atoms with Crippen molar-refractivity contribution in [2.75, 3.05) is 0 Å². The van der Waals surface area contributed by atoms with E-state index in [2.05, 4.69) is 54.7 Å². The summed E-state index contributed by atoms with van der Waals surface area (Å²) in [6, 6.07) is 9.18. The quantitative estimate of drug-likeness (QED) is 0.708. The summed E-state index contributed by atoms with van der Waals surface area (Å²) in [5.41, 5.74) is 0.928. The van der Waals surface area contributed by atoms with Crippen molar-refractivity contribution >= 4 is 14.4 Å². The normalized spacial score (nSPS) is 14.4. The minimum absolute atomic E-state index is 0.00477. The van der Waals surface area contributed by atoms with E-state index in [9.17, 15) is 4.79 Å². The topological polar surface area (TPSA) is 91.2 Å². The molecule has 0 aliphatic carbocycles. The van der Waals surface area contributed by atoms with Crippen LogP contribution in [-0.4, -0.2) is 40.7 Å². The maximum absolute atomic E-state index is 12.3. The number of aromatic nitrogens is 4. The molecular weight excluding hydrogens is 374 g/mol. The molecule has 1 aromatic carbocycles. The average Bonchev–Trinajstić information content (AvgIpc) is 3.03. The molecule has 0 aliphatic heterocycles. The van der Waals surface area contributed by atoms with Gasteiger partial charge in [0.25, 0.3) is 0 Å². The minimum atomic E-state index is -2.13. The molecule has 0 aliphatic rings. The van der Waals surface area contributed by atoms with Gasteiger partial charge < -0.3 is 14.5 Å². The zero-order chi connectivity index (χ0) is 20.9. The molecule has 0 radical (unpaired) electrons. The molecule has 0 saturated heterocycles. The molecule has 2 atom stereocenters. The Hall–Kier alpha value is -2.26. The fraction of sp³-hybridized carbons (Fsp3) is 0.579. The van der Waals surface area contributed by atoms with Crippen molar-refractivity contribution in [1.29, 1.82) is 0 Å². The standard InChI is InChI=1S/C19H31N5O3Si/c1-14(20-18(25)26-13-15-11-9-8-10-12-15)16(17-21-22-23-24(17)5)27-28(6,7)19(2,3)4/h8-12,14,16H,13H2,1-7H3,(H,20,25)/t14-,16-/m0/s1. The first-order chi connectivity index (χ1) is 13.0. The second-order valence-corrected chi connectivity index (χ2v) is 13.2. The van der Waals surface area contributed by atoms with E-state index in [-0.39, 0.29) is 17.7 Å². The van der Waals surface area contributed by atoms with Crippen LogP contribution in [0.3, 0.4) is 0 Å². The Bertz CT molecular complexity index is 773. The van der Waals surface area contributed by atoms with Crippen molar-refractivity contribution in [2.45, 2.75) is 64.6 Å². The molecule has 0 spiro atoms. The smallest absolute Gasteiger partial charge is 0.407 e. The van der Waals surface area contributed by atoms with Crippen molar-refractivity contribution in [3.8, 4) is 0 Å². The summed E-state index contributed by atoms with van der Waals surface area (Å²) in [6.45, 7) is 12.9. The molecule has 0 bridgehead atoms. The molecule has 1 heterocycles. The number of hydrogen-bond acceptors (Lipinski definition) is 6. The van der Waals surface area contributed by atoms with E-state index in [1.54, 1.807) is 11.7 Å². The third-order valence-electron chi connectivity index (χ3n) is 5.15. The van der Waals surface area contributed by atoms with Gasteiger partial charge in [-0.05, 0) is 41.0 Å². The minimum Gasteiger partial charge on any atom is -0.445 e. The summed E-state index contributed by atoms with van der Waals surface area (Å²) in [6.07, 6.45) is -0.986. The van der Waals surface area contributed by atoms with Gasteiger partial charge in [0.05, 0.1) is 6.04 Å². The van der Waals surface area contributed by atoms with Gasteiger partial charge >= 0.3 is 6.09 Å². The highest BCUT2D eigenvalue weighted by atomic mass is 28.4. The van der Waals surface area contributed by atoms with E-state index in [1.165, 1.54) is 0 Å². The van der Waals surface area contributed by atoms with Gasteiger partial charge in [-0.25, -0.2) is 9.48 Å². The van der Waals surface area contributed by atoms with Gasteiger partial charge in [0, 0.05) is 7.05 Å². The lowest BCUT2D eigenvalue weighted by Crippen LogP contribution is -2.47. The third-order valence-corrected chi connectivity index (χ3v) is 9.60. The summed E-state index contributed by atoms with van der Waals surface area (Å²) in [4.78, 5) is 12.3. The number of carbonyl (C=O) groups excluding carboxylic acids is 1. The molecule has 0 saturated carbocycles. The molecule has 28 heavy (non-hydrogen) atoms. The maximum Gasteiger partial charge on any atom is 0.407 e. The highest BCUT2D eigenvalue weighted by Gasteiger charge is 2.42. The number of carbonyl (C=O) groups is 1. The number of aryl methyl sites for hydroxylation is 1. The average molecular weight is 406 g/mol. The molecule has 1 N–H and O–H groups in total. The second kappa shape index (κ2) is 8.83. The second-order valence-electron chi connectivity index (χ2n) is 8.45. The number of amides is 1. The SMILES string of the molecule is C[C@H](NC(=O)OCc1ccccc1)[C@H](O[Si](C)(C)C(C)(C)C)c1nnnn1C. The van der Waals surface area contributed by atoms with Gasteiger partial charge in [0.15, 0.2) is 14.1 Å². The van der Waals surface area contributed by atoms with Gasteiger partial charge in [-0.2, -0.15) is 0 Å². The van der Waals surface area contributed by atoms with Gasteiger partial charge in [-0.3, -0.25) is 0 Å². The van der Waals surface area contributed by atoms with E-state index in [0.717, 1.165) is 5.56 Å². The van der Waals surface area contributed by atoms with E-state index in [0.29, 0.717) is 5.82 Å². The number of benzene rings is 1. The summed E-state index contributed by atoms with van der Waals surface area (Å²) in [7, 11) is -0.371. The van der Waals surface area contributed by atoms with Crippen LogP contribution in [-0.2, 0) is 22.8 Å².